The van der Waals surface area contributed by atoms with Gasteiger partial charge < -0.3 is 5.32 Å². The lowest BCUT2D eigenvalue weighted by atomic mass is 9.80. The molecule has 4 rings (SSSR count). The molecular weight excluding hydrogens is 248 g/mol. The predicted molar refractivity (Wildman–Crippen MR) is 77.3 cm³/mol. The Morgan fingerprint density at radius 2 is 1.95 bits per heavy atom. The Morgan fingerprint density at radius 3 is 2.70 bits per heavy atom. The quantitative estimate of drug-likeness (QED) is 0.907. The minimum atomic E-state index is 0.646. The summed E-state index contributed by atoms with van der Waals surface area (Å²) in [5, 5.41) is 3.45. The van der Waals surface area contributed by atoms with Gasteiger partial charge in [0.1, 0.15) is 0 Å². The molecule has 102 valence electrons. The van der Waals surface area contributed by atoms with Crippen molar-refractivity contribution in [2.24, 2.45) is 0 Å². The summed E-state index contributed by atoms with van der Waals surface area (Å²) in [4.78, 5) is 13.8. The van der Waals surface area contributed by atoms with Gasteiger partial charge in [-0.05, 0) is 25.0 Å². The van der Waals surface area contributed by atoms with Gasteiger partial charge >= 0.3 is 0 Å². The van der Waals surface area contributed by atoms with Gasteiger partial charge in [-0.1, -0.05) is 6.42 Å². The first-order chi connectivity index (χ1) is 9.92. The summed E-state index contributed by atoms with van der Waals surface area (Å²) in [6.45, 7) is 1.95. The topological polar surface area (TPSA) is 50.7 Å². The zero-order valence-corrected chi connectivity index (χ0v) is 11.5. The van der Waals surface area contributed by atoms with Crippen molar-refractivity contribution in [1.82, 2.24) is 20.3 Å². The Balaban J connectivity index is 1.84. The third-order valence-electron chi connectivity index (χ3n) is 4.40. The Morgan fingerprint density at radius 1 is 1.10 bits per heavy atom. The average molecular weight is 266 g/mol. The van der Waals surface area contributed by atoms with Crippen LogP contribution in [0, 0.1) is 0 Å². The maximum absolute atomic E-state index is 4.90. The molecule has 0 saturated heterocycles. The SMILES string of the molecule is c1cc(-c2nc3c(c(C4CCC4)n2)CNCC3)ccn1. The molecular formula is C16H18N4. The van der Waals surface area contributed by atoms with Crippen molar-refractivity contribution in [3.63, 3.8) is 0 Å². The molecule has 0 aromatic carbocycles. The Kier molecular flexibility index (Phi) is 2.96. The van der Waals surface area contributed by atoms with Gasteiger partial charge in [0, 0.05) is 48.9 Å². The van der Waals surface area contributed by atoms with Gasteiger partial charge in [0.2, 0.25) is 0 Å². The molecule has 4 heteroatoms. The van der Waals surface area contributed by atoms with Crippen molar-refractivity contribution in [3.8, 4) is 11.4 Å². The molecule has 20 heavy (non-hydrogen) atoms. The van der Waals surface area contributed by atoms with Crippen LogP contribution in [0.3, 0.4) is 0 Å². The van der Waals surface area contributed by atoms with Gasteiger partial charge in [0.25, 0.3) is 0 Å². The first-order valence-electron chi connectivity index (χ1n) is 7.42. The van der Waals surface area contributed by atoms with E-state index in [0.717, 1.165) is 30.9 Å². The highest BCUT2D eigenvalue weighted by atomic mass is 15.0. The second-order valence-corrected chi connectivity index (χ2v) is 5.65. The molecule has 0 unspecified atom stereocenters. The second kappa shape index (κ2) is 4.94. The van der Waals surface area contributed by atoms with E-state index in [1.807, 2.05) is 24.5 Å². The zero-order valence-electron chi connectivity index (χ0n) is 11.5. The molecule has 1 N–H and O–H groups in total. The van der Waals surface area contributed by atoms with E-state index in [1.54, 1.807) is 0 Å². The van der Waals surface area contributed by atoms with Crippen LogP contribution in [-0.2, 0) is 13.0 Å². The third-order valence-corrected chi connectivity index (χ3v) is 4.40. The van der Waals surface area contributed by atoms with Crippen LogP contribution in [0.25, 0.3) is 11.4 Å². The van der Waals surface area contributed by atoms with Crippen LogP contribution in [0.1, 0.15) is 42.1 Å². The van der Waals surface area contributed by atoms with E-state index in [1.165, 1.54) is 36.2 Å². The van der Waals surface area contributed by atoms with Gasteiger partial charge in [-0.3, -0.25) is 4.98 Å². The van der Waals surface area contributed by atoms with Gasteiger partial charge in [-0.15, -0.1) is 0 Å². The Hall–Kier alpha value is -1.81. The first-order valence-corrected chi connectivity index (χ1v) is 7.42. The molecule has 4 nitrogen and oxygen atoms in total. The highest BCUT2D eigenvalue weighted by Gasteiger charge is 2.27. The maximum Gasteiger partial charge on any atom is 0.159 e. The Labute approximate surface area is 118 Å². The summed E-state index contributed by atoms with van der Waals surface area (Å²) in [6, 6.07) is 3.99. The molecule has 0 spiro atoms. The van der Waals surface area contributed by atoms with Crippen LogP contribution in [0.15, 0.2) is 24.5 Å². The van der Waals surface area contributed by atoms with E-state index in [2.05, 4.69) is 10.3 Å². The standard InChI is InChI=1S/C16H18N4/c1-2-11(3-1)15-13-10-18-9-6-14(13)19-16(20-15)12-4-7-17-8-5-12/h4-5,7-8,11,18H,1-3,6,9-10H2. The molecule has 2 aromatic rings. The first kappa shape index (κ1) is 12.0. The van der Waals surface area contributed by atoms with Crippen molar-refractivity contribution in [2.45, 2.75) is 38.1 Å². The summed E-state index contributed by atoms with van der Waals surface area (Å²) in [6.07, 6.45) is 8.51. The fourth-order valence-electron chi connectivity index (χ4n) is 3.02. The van der Waals surface area contributed by atoms with E-state index in [4.69, 9.17) is 9.97 Å². The van der Waals surface area contributed by atoms with Gasteiger partial charge in [0.05, 0.1) is 11.4 Å². The van der Waals surface area contributed by atoms with Crippen molar-refractivity contribution in [3.05, 3.63) is 41.5 Å². The van der Waals surface area contributed by atoms with Crippen LogP contribution in [0.4, 0.5) is 0 Å². The molecule has 2 aliphatic rings. The van der Waals surface area contributed by atoms with Gasteiger partial charge in [0.15, 0.2) is 5.82 Å². The molecule has 1 fully saturated rings. The van der Waals surface area contributed by atoms with Crippen molar-refractivity contribution >= 4 is 0 Å². The molecule has 0 bridgehead atoms. The number of rotatable bonds is 2. The molecule has 1 aliphatic heterocycles. The van der Waals surface area contributed by atoms with Crippen LogP contribution in [0.2, 0.25) is 0 Å². The van der Waals surface area contributed by atoms with Crippen molar-refractivity contribution < 1.29 is 0 Å². The lowest BCUT2D eigenvalue weighted by Crippen LogP contribution is -2.28. The molecule has 3 heterocycles. The van der Waals surface area contributed by atoms with E-state index < -0.39 is 0 Å². The van der Waals surface area contributed by atoms with Crippen LogP contribution in [-0.4, -0.2) is 21.5 Å². The average Bonchev–Trinajstić information content (AvgIpc) is 2.46. The molecule has 2 aromatic heterocycles. The van der Waals surface area contributed by atoms with Crippen molar-refractivity contribution in [1.29, 1.82) is 0 Å². The number of nitrogens with one attached hydrogen (secondary N) is 1. The van der Waals surface area contributed by atoms with Crippen LogP contribution in [0.5, 0.6) is 0 Å². The third kappa shape index (κ3) is 2.00. The number of fused-ring (bicyclic) bond motifs is 1. The second-order valence-electron chi connectivity index (χ2n) is 5.65. The lowest BCUT2D eigenvalue weighted by molar-refractivity contribution is 0.404. The fraction of sp³-hybridized carbons (Fsp3) is 0.438. The van der Waals surface area contributed by atoms with E-state index in [-0.39, 0.29) is 0 Å². The maximum atomic E-state index is 4.90. The highest BCUT2D eigenvalue weighted by molar-refractivity contribution is 5.55. The number of aromatic nitrogens is 3. The monoisotopic (exact) mass is 266 g/mol. The largest absolute Gasteiger partial charge is 0.312 e. The number of hydrogen-bond donors (Lipinski definition) is 1. The Bertz CT molecular complexity index is 620. The van der Waals surface area contributed by atoms with Crippen LogP contribution >= 0.6 is 0 Å². The summed E-state index contributed by atoms with van der Waals surface area (Å²) < 4.78 is 0. The number of pyridine rings is 1. The minimum absolute atomic E-state index is 0.646. The zero-order chi connectivity index (χ0) is 13.4. The smallest absolute Gasteiger partial charge is 0.159 e. The highest BCUT2D eigenvalue weighted by Crippen LogP contribution is 2.38. The minimum Gasteiger partial charge on any atom is -0.312 e. The normalized spacial score (nSPS) is 18.4. The number of hydrogen-bond acceptors (Lipinski definition) is 4. The van der Waals surface area contributed by atoms with E-state index in [9.17, 15) is 0 Å². The lowest BCUT2D eigenvalue weighted by Gasteiger charge is -2.29. The summed E-state index contributed by atoms with van der Waals surface area (Å²) in [7, 11) is 0. The molecule has 0 radical (unpaired) electrons. The molecule has 1 aliphatic carbocycles. The number of nitrogens with zero attached hydrogens (tertiary/aromatic N) is 3. The van der Waals surface area contributed by atoms with E-state index in [0.29, 0.717) is 5.92 Å². The fourth-order valence-corrected chi connectivity index (χ4v) is 3.02. The summed E-state index contributed by atoms with van der Waals surface area (Å²) >= 11 is 0. The van der Waals surface area contributed by atoms with Crippen LogP contribution < -0.4 is 5.32 Å². The van der Waals surface area contributed by atoms with Gasteiger partial charge in [-0.2, -0.15) is 0 Å². The summed E-state index contributed by atoms with van der Waals surface area (Å²) in [5.41, 5.74) is 4.97. The summed E-state index contributed by atoms with van der Waals surface area (Å²) in [5.74, 6) is 1.52. The molecule has 0 amide bonds. The molecule has 0 atom stereocenters. The van der Waals surface area contributed by atoms with Crippen molar-refractivity contribution in [2.75, 3.05) is 6.54 Å². The van der Waals surface area contributed by atoms with E-state index >= 15 is 0 Å². The molecule has 1 saturated carbocycles. The predicted octanol–water partition coefficient (Wildman–Crippen LogP) is 2.45. The van der Waals surface area contributed by atoms with Gasteiger partial charge in [-0.25, -0.2) is 9.97 Å².